The summed E-state index contributed by atoms with van der Waals surface area (Å²) in [4.78, 5) is 26.1. The van der Waals surface area contributed by atoms with Gasteiger partial charge in [-0.2, -0.15) is 0 Å². The predicted molar refractivity (Wildman–Crippen MR) is 113 cm³/mol. The van der Waals surface area contributed by atoms with Gasteiger partial charge < -0.3 is 15.4 Å². The van der Waals surface area contributed by atoms with Crippen molar-refractivity contribution in [3.8, 4) is 0 Å². The monoisotopic (exact) mass is 400 g/mol. The number of fused-ring (bicyclic) bond motifs is 1. The molecule has 2 aromatic rings. The molecule has 2 heterocycles. The molecule has 0 radical (unpaired) electrons. The van der Waals surface area contributed by atoms with Gasteiger partial charge in [0.05, 0.1) is 18.8 Å². The zero-order chi connectivity index (χ0) is 20.1. The molecule has 0 unspecified atom stereocenters. The first-order valence-corrected chi connectivity index (χ1v) is 10.7. The summed E-state index contributed by atoms with van der Waals surface area (Å²) in [6.45, 7) is 7.75. The Morgan fingerprint density at radius 2 is 2.04 bits per heavy atom. The molecule has 2 N–H and O–H groups in total. The quantitative estimate of drug-likeness (QED) is 0.638. The van der Waals surface area contributed by atoms with E-state index in [2.05, 4.69) is 24.5 Å². The highest BCUT2D eigenvalue weighted by Gasteiger charge is 2.25. The first-order valence-electron chi connectivity index (χ1n) is 9.90. The molecule has 6 heteroatoms. The van der Waals surface area contributed by atoms with Crippen molar-refractivity contribution >= 4 is 28.0 Å². The number of hydrogen-bond donors (Lipinski definition) is 2. The summed E-state index contributed by atoms with van der Waals surface area (Å²) in [6, 6.07) is 8.12. The zero-order valence-corrected chi connectivity index (χ0v) is 17.6. The van der Waals surface area contributed by atoms with Crippen LogP contribution in [0.1, 0.15) is 70.3 Å². The molecule has 0 bridgehead atoms. The standard InChI is InChI=1S/C22H28N2O3S/c1-4-17(5-2)23-12-15-7-6-8-16(11-15)21(26)24-22-20(14(3)25)18-9-10-27-13-19(18)28-22/h6-8,11,17,23H,4-5,9-10,12-13H2,1-3H3,(H,24,26). The van der Waals surface area contributed by atoms with Crippen LogP contribution in [0.25, 0.3) is 0 Å². The van der Waals surface area contributed by atoms with Gasteiger partial charge in [0.2, 0.25) is 0 Å². The van der Waals surface area contributed by atoms with E-state index in [4.69, 9.17) is 4.74 Å². The van der Waals surface area contributed by atoms with E-state index in [0.717, 1.165) is 35.4 Å². The third-order valence-electron chi connectivity index (χ3n) is 5.17. The van der Waals surface area contributed by atoms with E-state index >= 15 is 0 Å². The van der Waals surface area contributed by atoms with E-state index < -0.39 is 0 Å². The van der Waals surface area contributed by atoms with Crippen LogP contribution in [0.5, 0.6) is 0 Å². The van der Waals surface area contributed by atoms with E-state index in [9.17, 15) is 9.59 Å². The lowest BCUT2D eigenvalue weighted by atomic mass is 10.0. The Balaban J connectivity index is 1.76. The number of benzene rings is 1. The summed E-state index contributed by atoms with van der Waals surface area (Å²) >= 11 is 1.45. The largest absolute Gasteiger partial charge is 0.376 e. The van der Waals surface area contributed by atoms with Crippen LogP contribution in [0.4, 0.5) is 5.00 Å². The molecule has 5 nitrogen and oxygen atoms in total. The minimum absolute atomic E-state index is 0.0159. The van der Waals surface area contributed by atoms with E-state index in [0.29, 0.717) is 41.8 Å². The molecule has 0 atom stereocenters. The van der Waals surface area contributed by atoms with Gasteiger partial charge in [0.25, 0.3) is 5.91 Å². The average molecular weight is 401 g/mol. The van der Waals surface area contributed by atoms with Gasteiger partial charge >= 0.3 is 0 Å². The van der Waals surface area contributed by atoms with Crippen LogP contribution in [0, 0.1) is 0 Å². The molecule has 1 aromatic carbocycles. The van der Waals surface area contributed by atoms with Crippen LogP contribution in [-0.2, 0) is 24.3 Å². The van der Waals surface area contributed by atoms with Gasteiger partial charge in [-0.1, -0.05) is 26.0 Å². The van der Waals surface area contributed by atoms with Crippen molar-refractivity contribution in [3.05, 3.63) is 51.4 Å². The van der Waals surface area contributed by atoms with Crippen molar-refractivity contribution in [1.82, 2.24) is 5.32 Å². The first kappa shape index (κ1) is 20.7. The van der Waals surface area contributed by atoms with Crippen molar-refractivity contribution in [2.24, 2.45) is 0 Å². The highest BCUT2D eigenvalue weighted by Crippen LogP contribution is 2.37. The normalized spacial score (nSPS) is 13.4. The Kier molecular flexibility index (Phi) is 6.99. The second kappa shape index (κ2) is 9.45. The van der Waals surface area contributed by atoms with Gasteiger partial charge in [-0.15, -0.1) is 11.3 Å². The Hall–Kier alpha value is -2.02. The molecule has 0 saturated heterocycles. The lowest BCUT2D eigenvalue weighted by Crippen LogP contribution is -2.27. The summed E-state index contributed by atoms with van der Waals surface area (Å²) < 4.78 is 5.49. The van der Waals surface area contributed by atoms with Crippen molar-refractivity contribution in [1.29, 1.82) is 0 Å². The van der Waals surface area contributed by atoms with Gasteiger partial charge in [0.15, 0.2) is 5.78 Å². The Morgan fingerprint density at radius 1 is 1.25 bits per heavy atom. The number of nitrogens with one attached hydrogen (secondary N) is 2. The third kappa shape index (κ3) is 4.69. The van der Waals surface area contributed by atoms with Gasteiger partial charge in [0.1, 0.15) is 5.00 Å². The zero-order valence-electron chi connectivity index (χ0n) is 16.8. The van der Waals surface area contributed by atoms with Crippen molar-refractivity contribution in [3.63, 3.8) is 0 Å². The fourth-order valence-electron chi connectivity index (χ4n) is 3.53. The van der Waals surface area contributed by atoms with E-state index in [-0.39, 0.29) is 11.7 Å². The Labute approximate surface area is 170 Å². The Morgan fingerprint density at radius 3 is 2.75 bits per heavy atom. The molecule has 28 heavy (non-hydrogen) atoms. The second-order valence-electron chi connectivity index (χ2n) is 7.12. The van der Waals surface area contributed by atoms with E-state index in [1.807, 2.05) is 18.2 Å². The number of carbonyl (C=O) groups is 2. The molecular formula is C22H28N2O3S. The van der Waals surface area contributed by atoms with Crippen LogP contribution in [0.3, 0.4) is 0 Å². The number of Topliss-reactive ketones (excluding diaryl/α,β-unsaturated/α-hetero) is 1. The number of ether oxygens (including phenoxy) is 1. The fourth-order valence-corrected chi connectivity index (χ4v) is 4.76. The minimum Gasteiger partial charge on any atom is -0.376 e. The number of rotatable bonds is 8. The maximum Gasteiger partial charge on any atom is 0.256 e. The van der Waals surface area contributed by atoms with Crippen LogP contribution >= 0.6 is 11.3 Å². The van der Waals surface area contributed by atoms with Gasteiger partial charge in [0, 0.05) is 23.0 Å². The van der Waals surface area contributed by atoms with Gasteiger partial charge in [-0.25, -0.2) is 0 Å². The van der Waals surface area contributed by atoms with Crippen LogP contribution in [0.2, 0.25) is 0 Å². The molecule has 150 valence electrons. The molecule has 0 spiro atoms. The number of hydrogen-bond acceptors (Lipinski definition) is 5. The minimum atomic E-state index is -0.189. The lowest BCUT2D eigenvalue weighted by molar-refractivity contribution is 0.100. The molecule has 1 amide bonds. The van der Waals surface area contributed by atoms with E-state index in [1.54, 1.807) is 13.0 Å². The van der Waals surface area contributed by atoms with Crippen molar-refractivity contribution < 1.29 is 14.3 Å². The van der Waals surface area contributed by atoms with Crippen LogP contribution in [-0.4, -0.2) is 24.3 Å². The summed E-state index contributed by atoms with van der Waals surface area (Å²) in [5.41, 5.74) is 3.34. The third-order valence-corrected chi connectivity index (χ3v) is 6.29. The number of thiophene rings is 1. The first-order chi connectivity index (χ1) is 13.5. The second-order valence-corrected chi connectivity index (χ2v) is 8.22. The molecule has 0 aliphatic carbocycles. The molecule has 1 aromatic heterocycles. The molecule has 1 aliphatic rings. The Bertz CT molecular complexity index is 855. The van der Waals surface area contributed by atoms with Crippen molar-refractivity contribution in [2.45, 2.75) is 59.2 Å². The predicted octanol–water partition coefficient (Wildman–Crippen LogP) is 4.55. The van der Waals surface area contributed by atoms with Gasteiger partial charge in [-0.3, -0.25) is 9.59 Å². The maximum atomic E-state index is 12.8. The highest BCUT2D eigenvalue weighted by atomic mass is 32.1. The van der Waals surface area contributed by atoms with Crippen molar-refractivity contribution in [2.75, 3.05) is 11.9 Å². The lowest BCUT2D eigenvalue weighted by Gasteiger charge is -2.15. The fraction of sp³-hybridized carbons (Fsp3) is 0.455. The smallest absolute Gasteiger partial charge is 0.256 e. The van der Waals surface area contributed by atoms with Crippen LogP contribution in [0.15, 0.2) is 24.3 Å². The number of ketones is 1. The average Bonchev–Trinajstić information content (AvgIpc) is 3.07. The van der Waals surface area contributed by atoms with Crippen LogP contribution < -0.4 is 10.6 Å². The molecule has 3 rings (SSSR count). The summed E-state index contributed by atoms with van der Waals surface area (Å²) in [5.74, 6) is -0.204. The summed E-state index contributed by atoms with van der Waals surface area (Å²) in [5, 5.41) is 7.12. The SMILES string of the molecule is CCC(CC)NCc1cccc(C(=O)Nc2sc3c(c2C(C)=O)CCOC3)c1. The van der Waals surface area contributed by atoms with Gasteiger partial charge in [-0.05, 0) is 49.4 Å². The highest BCUT2D eigenvalue weighted by molar-refractivity contribution is 7.17. The summed E-state index contributed by atoms with van der Waals surface area (Å²) in [7, 11) is 0. The molecule has 1 aliphatic heterocycles. The molecule has 0 fully saturated rings. The number of anilines is 1. The molecule has 0 saturated carbocycles. The molecular weight excluding hydrogens is 372 g/mol. The number of carbonyl (C=O) groups excluding carboxylic acids is 2. The topological polar surface area (TPSA) is 67.4 Å². The summed E-state index contributed by atoms with van der Waals surface area (Å²) in [6.07, 6.45) is 2.88. The number of amides is 1. The maximum absolute atomic E-state index is 12.8. The van der Waals surface area contributed by atoms with E-state index in [1.165, 1.54) is 11.3 Å².